The first kappa shape index (κ1) is 16.6. The summed E-state index contributed by atoms with van der Waals surface area (Å²) in [6.45, 7) is 12.2. The normalized spacial score (nSPS) is 11.1. The summed E-state index contributed by atoms with van der Waals surface area (Å²) >= 11 is 0. The van der Waals surface area contributed by atoms with Crippen molar-refractivity contribution in [2.75, 3.05) is 13.1 Å². The predicted octanol–water partition coefficient (Wildman–Crippen LogP) is 4.55. The van der Waals surface area contributed by atoms with Gasteiger partial charge in [-0.05, 0) is 50.3 Å². The lowest BCUT2D eigenvalue weighted by molar-refractivity contribution is -0.130. The summed E-state index contributed by atoms with van der Waals surface area (Å²) in [6, 6.07) is 2.18. The SMILES string of the molecule is CCCN(CCC)C(=O)Cc1coc2c(C)c(C)cc(C)c12. The number of carbonyl (C=O) groups excluding carboxylic acids is 1. The van der Waals surface area contributed by atoms with E-state index in [1.165, 1.54) is 16.7 Å². The molecular formula is C19H27NO2. The highest BCUT2D eigenvalue weighted by Gasteiger charge is 2.18. The number of hydrogen-bond donors (Lipinski definition) is 0. The van der Waals surface area contributed by atoms with Crippen LogP contribution in [0, 0.1) is 20.8 Å². The van der Waals surface area contributed by atoms with Crippen molar-refractivity contribution >= 4 is 16.9 Å². The highest BCUT2D eigenvalue weighted by Crippen LogP contribution is 2.30. The van der Waals surface area contributed by atoms with Crippen LogP contribution >= 0.6 is 0 Å². The third kappa shape index (κ3) is 3.18. The fourth-order valence-electron chi connectivity index (χ4n) is 3.09. The van der Waals surface area contributed by atoms with Gasteiger partial charge in [0.15, 0.2) is 0 Å². The van der Waals surface area contributed by atoms with Crippen molar-refractivity contribution in [3.05, 3.63) is 34.6 Å². The molecule has 0 spiro atoms. The average molecular weight is 301 g/mol. The van der Waals surface area contributed by atoms with Crippen molar-refractivity contribution in [3.8, 4) is 0 Å². The Kier molecular flexibility index (Phi) is 5.28. The van der Waals surface area contributed by atoms with Gasteiger partial charge in [0.2, 0.25) is 5.91 Å². The number of hydrogen-bond acceptors (Lipinski definition) is 2. The van der Waals surface area contributed by atoms with E-state index in [4.69, 9.17) is 4.42 Å². The van der Waals surface area contributed by atoms with E-state index in [1.54, 1.807) is 6.26 Å². The first-order valence-corrected chi connectivity index (χ1v) is 8.24. The van der Waals surface area contributed by atoms with Crippen LogP contribution in [-0.4, -0.2) is 23.9 Å². The van der Waals surface area contributed by atoms with Crippen LogP contribution in [0.3, 0.4) is 0 Å². The van der Waals surface area contributed by atoms with Crippen molar-refractivity contribution in [2.45, 2.75) is 53.9 Å². The fraction of sp³-hybridized carbons (Fsp3) is 0.526. The monoisotopic (exact) mass is 301 g/mol. The van der Waals surface area contributed by atoms with Crippen molar-refractivity contribution in [3.63, 3.8) is 0 Å². The molecule has 1 heterocycles. The Morgan fingerprint density at radius 2 is 1.73 bits per heavy atom. The molecule has 3 heteroatoms. The van der Waals surface area contributed by atoms with Gasteiger partial charge in [-0.1, -0.05) is 19.9 Å². The van der Waals surface area contributed by atoms with Crippen molar-refractivity contribution < 1.29 is 9.21 Å². The maximum absolute atomic E-state index is 12.6. The van der Waals surface area contributed by atoms with Gasteiger partial charge in [0.05, 0.1) is 12.7 Å². The molecule has 0 N–H and O–H groups in total. The van der Waals surface area contributed by atoms with Crippen LogP contribution in [0.2, 0.25) is 0 Å². The molecule has 22 heavy (non-hydrogen) atoms. The Labute approximate surface area is 133 Å². The van der Waals surface area contributed by atoms with Crippen LogP contribution in [0.4, 0.5) is 0 Å². The minimum Gasteiger partial charge on any atom is -0.464 e. The number of rotatable bonds is 6. The zero-order valence-corrected chi connectivity index (χ0v) is 14.5. The Morgan fingerprint density at radius 1 is 1.09 bits per heavy atom. The molecule has 0 aliphatic carbocycles. The lowest BCUT2D eigenvalue weighted by atomic mass is 9.98. The number of carbonyl (C=O) groups is 1. The molecule has 0 bridgehead atoms. The van der Waals surface area contributed by atoms with Gasteiger partial charge in [0, 0.05) is 24.0 Å². The van der Waals surface area contributed by atoms with Gasteiger partial charge in [-0.15, -0.1) is 0 Å². The van der Waals surface area contributed by atoms with Gasteiger partial charge >= 0.3 is 0 Å². The summed E-state index contributed by atoms with van der Waals surface area (Å²) in [4.78, 5) is 14.5. The third-order valence-electron chi connectivity index (χ3n) is 4.31. The first-order chi connectivity index (χ1) is 10.5. The largest absolute Gasteiger partial charge is 0.464 e. The van der Waals surface area contributed by atoms with Gasteiger partial charge < -0.3 is 9.32 Å². The summed E-state index contributed by atoms with van der Waals surface area (Å²) in [5, 5.41) is 1.12. The van der Waals surface area contributed by atoms with Crippen LogP contribution in [0.1, 0.15) is 48.9 Å². The fourth-order valence-corrected chi connectivity index (χ4v) is 3.09. The maximum Gasteiger partial charge on any atom is 0.227 e. The van der Waals surface area contributed by atoms with E-state index in [2.05, 4.69) is 40.7 Å². The molecule has 1 aromatic carbocycles. The number of amides is 1. The predicted molar refractivity (Wildman–Crippen MR) is 91.3 cm³/mol. The molecule has 0 unspecified atom stereocenters. The van der Waals surface area contributed by atoms with E-state index in [9.17, 15) is 4.79 Å². The van der Waals surface area contributed by atoms with Gasteiger partial charge in [0.25, 0.3) is 0 Å². The minimum absolute atomic E-state index is 0.198. The molecule has 0 aliphatic rings. The molecule has 1 amide bonds. The topological polar surface area (TPSA) is 33.5 Å². The van der Waals surface area contributed by atoms with Crippen LogP contribution < -0.4 is 0 Å². The highest BCUT2D eigenvalue weighted by molar-refractivity contribution is 5.91. The second kappa shape index (κ2) is 6.99. The smallest absolute Gasteiger partial charge is 0.227 e. The van der Waals surface area contributed by atoms with Crippen molar-refractivity contribution in [2.24, 2.45) is 0 Å². The molecule has 2 rings (SSSR count). The highest BCUT2D eigenvalue weighted by atomic mass is 16.3. The summed E-state index contributed by atoms with van der Waals surface area (Å²) in [6.07, 6.45) is 4.18. The lowest BCUT2D eigenvalue weighted by Crippen LogP contribution is -2.33. The van der Waals surface area contributed by atoms with Crippen LogP contribution in [0.25, 0.3) is 11.0 Å². The average Bonchev–Trinajstić information content (AvgIpc) is 2.89. The molecule has 0 fully saturated rings. The van der Waals surface area contributed by atoms with E-state index in [-0.39, 0.29) is 5.91 Å². The number of benzene rings is 1. The lowest BCUT2D eigenvalue weighted by Gasteiger charge is -2.21. The van der Waals surface area contributed by atoms with E-state index < -0.39 is 0 Å². The van der Waals surface area contributed by atoms with Crippen molar-refractivity contribution in [1.82, 2.24) is 4.90 Å². The van der Waals surface area contributed by atoms with E-state index in [1.807, 2.05) is 4.90 Å². The maximum atomic E-state index is 12.6. The van der Waals surface area contributed by atoms with E-state index in [0.717, 1.165) is 42.5 Å². The first-order valence-electron chi connectivity index (χ1n) is 8.24. The number of nitrogens with zero attached hydrogens (tertiary/aromatic N) is 1. The molecule has 0 saturated heterocycles. The standard InChI is InChI=1S/C19H27NO2/c1-6-8-20(9-7-2)17(21)11-16-12-22-19-15(5)13(3)10-14(4)18(16)19/h10,12H,6-9,11H2,1-5H3. The van der Waals surface area contributed by atoms with Crippen molar-refractivity contribution in [1.29, 1.82) is 0 Å². The van der Waals surface area contributed by atoms with Gasteiger partial charge in [0.1, 0.15) is 5.58 Å². The summed E-state index contributed by atoms with van der Waals surface area (Å²) in [5.74, 6) is 0.198. The van der Waals surface area contributed by atoms with Gasteiger partial charge in [-0.25, -0.2) is 0 Å². The molecule has 0 saturated carbocycles. The molecule has 0 radical (unpaired) electrons. The molecule has 2 aromatic rings. The molecule has 0 atom stereocenters. The second-order valence-corrected chi connectivity index (χ2v) is 6.16. The number of furan rings is 1. The molecule has 0 aliphatic heterocycles. The number of fused-ring (bicyclic) bond motifs is 1. The number of aryl methyl sites for hydroxylation is 3. The van der Waals surface area contributed by atoms with E-state index >= 15 is 0 Å². The van der Waals surface area contributed by atoms with Crippen LogP contribution in [0.5, 0.6) is 0 Å². The minimum atomic E-state index is 0.198. The Bertz CT molecular complexity index is 664. The Hall–Kier alpha value is -1.77. The van der Waals surface area contributed by atoms with Gasteiger partial charge in [-0.3, -0.25) is 4.79 Å². The molecular weight excluding hydrogens is 274 g/mol. The Morgan fingerprint density at radius 3 is 2.32 bits per heavy atom. The quantitative estimate of drug-likeness (QED) is 0.784. The summed E-state index contributed by atoms with van der Waals surface area (Å²) < 4.78 is 5.77. The summed E-state index contributed by atoms with van der Waals surface area (Å²) in [7, 11) is 0. The third-order valence-corrected chi connectivity index (χ3v) is 4.31. The summed E-state index contributed by atoms with van der Waals surface area (Å²) in [5.41, 5.74) is 5.52. The zero-order chi connectivity index (χ0) is 16.3. The van der Waals surface area contributed by atoms with Crippen LogP contribution in [-0.2, 0) is 11.2 Å². The van der Waals surface area contributed by atoms with Crippen LogP contribution in [0.15, 0.2) is 16.7 Å². The molecule has 1 aromatic heterocycles. The van der Waals surface area contributed by atoms with E-state index in [0.29, 0.717) is 6.42 Å². The second-order valence-electron chi connectivity index (χ2n) is 6.16. The molecule has 3 nitrogen and oxygen atoms in total. The Balaban J connectivity index is 2.32. The van der Waals surface area contributed by atoms with Gasteiger partial charge in [-0.2, -0.15) is 0 Å². The molecule has 120 valence electrons. The zero-order valence-electron chi connectivity index (χ0n) is 14.5.